The minimum absolute atomic E-state index is 0.0801. The summed E-state index contributed by atoms with van der Waals surface area (Å²) in [5.74, 6) is 0.116. The van der Waals surface area contributed by atoms with Crippen molar-refractivity contribution in [3.05, 3.63) is 70.2 Å². The van der Waals surface area contributed by atoms with Crippen LogP contribution >= 0.6 is 23.4 Å². The highest BCUT2D eigenvalue weighted by molar-refractivity contribution is 8.15. The molecule has 6 heteroatoms. The highest BCUT2D eigenvalue weighted by Crippen LogP contribution is 2.32. The quantitative estimate of drug-likeness (QED) is 0.489. The van der Waals surface area contributed by atoms with Gasteiger partial charge in [-0.05, 0) is 42.2 Å². The second-order valence-electron chi connectivity index (χ2n) is 6.42. The van der Waals surface area contributed by atoms with E-state index in [9.17, 15) is 4.79 Å². The first kappa shape index (κ1) is 19.6. The molecule has 3 rings (SSSR count). The van der Waals surface area contributed by atoms with Gasteiger partial charge in [0.25, 0.3) is 0 Å². The number of rotatable bonds is 6. The number of benzene rings is 2. The third kappa shape index (κ3) is 4.99. The van der Waals surface area contributed by atoms with Gasteiger partial charge in [0.2, 0.25) is 5.91 Å². The zero-order chi connectivity index (χ0) is 19.2. The molecule has 0 bridgehead atoms. The first-order valence-corrected chi connectivity index (χ1v) is 10.2. The van der Waals surface area contributed by atoms with Gasteiger partial charge in [-0.3, -0.25) is 9.69 Å². The average molecular weight is 400 g/mol. The van der Waals surface area contributed by atoms with E-state index < -0.39 is 0 Å². The van der Waals surface area contributed by atoms with Crippen LogP contribution in [0.2, 0.25) is 5.02 Å². The lowest BCUT2D eigenvalue weighted by molar-refractivity contribution is -0.126. The summed E-state index contributed by atoms with van der Waals surface area (Å²) in [5.41, 5.74) is 3.20. The van der Waals surface area contributed by atoms with Crippen LogP contribution in [0.5, 0.6) is 0 Å². The number of hydrogen-bond acceptors (Lipinski definition) is 4. The zero-order valence-corrected chi connectivity index (χ0v) is 17.0. The molecule has 2 aromatic rings. The van der Waals surface area contributed by atoms with Crippen molar-refractivity contribution >= 4 is 40.7 Å². The van der Waals surface area contributed by atoms with Crippen LogP contribution in [0.3, 0.4) is 0 Å². The summed E-state index contributed by atoms with van der Waals surface area (Å²) < 4.78 is 0. The Balaban J connectivity index is 1.82. The van der Waals surface area contributed by atoms with Crippen molar-refractivity contribution in [3.8, 4) is 0 Å². The maximum atomic E-state index is 12.8. The first-order valence-electron chi connectivity index (χ1n) is 8.97. The van der Waals surface area contributed by atoms with E-state index in [4.69, 9.17) is 11.6 Å². The normalized spacial score (nSPS) is 18.8. The van der Waals surface area contributed by atoms with Gasteiger partial charge in [-0.1, -0.05) is 73.1 Å². The molecule has 0 N–H and O–H groups in total. The van der Waals surface area contributed by atoms with Crippen molar-refractivity contribution in [2.24, 2.45) is 10.2 Å². The molecule has 1 heterocycles. The Hall–Kier alpha value is -2.11. The fraction of sp³-hybridized carbons (Fsp3) is 0.286. The highest BCUT2D eigenvalue weighted by atomic mass is 35.5. The maximum Gasteiger partial charge on any atom is 0.242 e. The van der Waals surface area contributed by atoms with Crippen molar-refractivity contribution < 1.29 is 4.79 Å². The van der Waals surface area contributed by atoms with Gasteiger partial charge in [-0.2, -0.15) is 5.10 Å². The molecule has 1 amide bonds. The molecule has 0 saturated carbocycles. The fourth-order valence-corrected chi connectivity index (χ4v) is 4.17. The third-order valence-corrected chi connectivity index (χ3v) is 5.87. The van der Waals surface area contributed by atoms with Gasteiger partial charge >= 0.3 is 0 Å². The van der Waals surface area contributed by atoms with Gasteiger partial charge in [-0.25, -0.2) is 0 Å². The summed E-state index contributed by atoms with van der Waals surface area (Å²) in [5, 5.41) is 9.82. The van der Waals surface area contributed by atoms with Gasteiger partial charge in [-0.15, -0.1) is 5.10 Å². The van der Waals surface area contributed by atoms with E-state index >= 15 is 0 Å². The first-order chi connectivity index (χ1) is 13.1. The lowest BCUT2D eigenvalue weighted by Crippen LogP contribution is -2.31. The van der Waals surface area contributed by atoms with Crippen molar-refractivity contribution in [1.29, 1.82) is 0 Å². The number of amides is 1. The standard InChI is InChI=1S/C21H22ClN3OS/c1-3-6-19-20(26)25(14-17-8-5-4-7-15(17)2)21(27-19)24-23-13-16-9-11-18(22)12-10-16/h4-5,7-13,19H,3,6,14H2,1-2H3/b23-13+,24-21+. The number of amidine groups is 1. The topological polar surface area (TPSA) is 45.0 Å². The van der Waals surface area contributed by atoms with E-state index in [-0.39, 0.29) is 11.2 Å². The van der Waals surface area contributed by atoms with Crippen molar-refractivity contribution in [2.45, 2.75) is 38.5 Å². The van der Waals surface area contributed by atoms with E-state index in [1.807, 2.05) is 36.4 Å². The second-order valence-corrected chi connectivity index (χ2v) is 8.03. The molecule has 0 spiro atoms. The Labute approximate surface area is 169 Å². The van der Waals surface area contributed by atoms with E-state index in [2.05, 4.69) is 36.2 Å². The van der Waals surface area contributed by atoms with E-state index in [1.54, 1.807) is 11.1 Å². The highest BCUT2D eigenvalue weighted by Gasteiger charge is 2.37. The smallest absolute Gasteiger partial charge is 0.242 e. The van der Waals surface area contributed by atoms with Gasteiger partial charge in [0.05, 0.1) is 18.0 Å². The summed E-state index contributed by atoms with van der Waals surface area (Å²) in [6.45, 7) is 4.67. The molecule has 1 fully saturated rings. The summed E-state index contributed by atoms with van der Waals surface area (Å²) in [4.78, 5) is 14.6. The largest absolute Gasteiger partial charge is 0.284 e. The van der Waals surface area contributed by atoms with Crippen molar-refractivity contribution in [3.63, 3.8) is 0 Å². The van der Waals surface area contributed by atoms with Crippen LogP contribution in [0, 0.1) is 6.92 Å². The Bertz CT molecular complexity index is 864. The van der Waals surface area contributed by atoms with Crippen LogP contribution in [0.25, 0.3) is 0 Å². The Morgan fingerprint density at radius 3 is 2.63 bits per heavy atom. The fourth-order valence-electron chi connectivity index (χ4n) is 2.83. The van der Waals surface area contributed by atoms with Gasteiger partial charge in [0.1, 0.15) is 0 Å². The average Bonchev–Trinajstić information content (AvgIpc) is 2.95. The Morgan fingerprint density at radius 1 is 1.19 bits per heavy atom. The molecule has 4 nitrogen and oxygen atoms in total. The second kappa shape index (κ2) is 9.20. The Kier molecular flexibility index (Phi) is 6.69. The van der Waals surface area contributed by atoms with Gasteiger partial charge in [0, 0.05) is 5.02 Å². The molecule has 27 heavy (non-hydrogen) atoms. The maximum absolute atomic E-state index is 12.8. The van der Waals surface area contributed by atoms with Gasteiger partial charge < -0.3 is 0 Å². The molecule has 0 aromatic heterocycles. The van der Waals surface area contributed by atoms with Crippen LogP contribution < -0.4 is 0 Å². The summed E-state index contributed by atoms with van der Waals surface area (Å²) in [7, 11) is 0. The number of thioether (sulfide) groups is 1. The molecule has 0 aliphatic carbocycles. The van der Waals surface area contributed by atoms with Crippen LogP contribution in [0.1, 0.15) is 36.5 Å². The number of carbonyl (C=O) groups excluding carboxylic acids is 1. The van der Waals surface area contributed by atoms with Crippen LogP contribution in [-0.4, -0.2) is 27.4 Å². The number of aryl methyl sites for hydroxylation is 1. The van der Waals surface area contributed by atoms with Crippen molar-refractivity contribution in [1.82, 2.24) is 4.90 Å². The zero-order valence-electron chi connectivity index (χ0n) is 15.4. The predicted molar refractivity (Wildman–Crippen MR) is 114 cm³/mol. The summed E-state index contributed by atoms with van der Waals surface area (Å²) in [6.07, 6.45) is 3.48. The number of halogens is 1. The summed E-state index contributed by atoms with van der Waals surface area (Å²) in [6, 6.07) is 15.5. The van der Waals surface area contributed by atoms with Gasteiger partial charge in [0.15, 0.2) is 5.17 Å². The SMILES string of the molecule is CCCC1S/C(=N/N=C/c2ccc(Cl)cc2)N(Cc2ccccc2C)C1=O. The molecule has 1 saturated heterocycles. The predicted octanol–water partition coefficient (Wildman–Crippen LogP) is 5.28. The van der Waals surface area contributed by atoms with Crippen LogP contribution in [0.15, 0.2) is 58.7 Å². The summed E-state index contributed by atoms with van der Waals surface area (Å²) >= 11 is 7.41. The van der Waals surface area contributed by atoms with Crippen LogP contribution in [-0.2, 0) is 11.3 Å². The molecule has 1 aliphatic heterocycles. The van der Waals surface area contributed by atoms with E-state index in [1.165, 1.54) is 17.3 Å². The molecule has 1 atom stereocenters. The number of carbonyl (C=O) groups is 1. The third-order valence-electron chi connectivity index (χ3n) is 4.38. The lowest BCUT2D eigenvalue weighted by atomic mass is 10.1. The molecule has 1 unspecified atom stereocenters. The van der Waals surface area contributed by atoms with Crippen molar-refractivity contribution in [2.75, 3.05) is 0 Å². The van der Waals surface area contributed by atoms with E-state index in [0.29, 0.717) is 16.7 Å². The molecule has 1 aliphatic rings. The molecular weight excluding hydrogens is 378 g/mol. The number of hydrogen-bond donors (Lipinski definition) is 0. The Morgan fingerprint density at radius 2 is 1.93 bits per heavy atom. The molecule has 2 aromatic carbocycles. The monoisotopic (exact) mass is 399 g/mol. The minimum atomic E-state index is -0.0801. The lowest BCUT2D eigenvalue weighted by Gasteiger charge is -2.17. The van der Waals surface area contributed by atoms with E-state index in [0.717, 1.165) is 24.0 Å². The molecule has 140 valence electrons. The minimum Gasteiger partial charge on any atom is -0.284 e. The molecular formula is C21H22ClN3OS. The number of nitrogens with zero attached hydrogens (tertiary/aromatic N) is 3. The van der Waals surface area contributed by atoms with Crippen LogP contribution in [0.4, 0.5) is 0 Å². The molecule has 0 radical (unpaired) electrons.